The van der Waals surface area contributed by atoms with E-state index in [-0.39, 0.29) is 0 Å². The Bertz CT molecular complexity index is 847. The Balaban J connectivity index is 1.91. The average Bonchev–Trinajstić information content (AvgIpc) is 2.90. The summed E-state index contributed by atoms with van der Waals surface area (Å²) < 4.78 is 0.898. The van der Waals surface area contributed by atoms with Crippen LogP contribution in [0.4, 0.5) is 11.5 Å². The van der Waals surface area contributed by atoms with Crippen LogP contribution < -0.4 is 4.90 Å². The Kier molecular flexibility index (Phi) is 3.05. The molecule has 1 aliphatic rings. The Hall–Kier alpha value is -1.72. The van der Waals surface area contributed by atoms with Crippen molar-refractivity contribution in [1.82, 2.24) is 15.0 Å². The van der Waals surface area contributed by atoms with Crippen molar-refractivity contribution in [1.29, 1.82) is 0 Å². The molecule has 1 aromatic carbocycles. The van der Waals surface area contributed by atoms with Gasteiger partial charge >= 0.3 is 0 Å². The lowest BCUT2D eigenvalue weighted by Gasteiger charge is -2.20. The summed E-state index contributed by atoms with van der Waals surface area (Å²) in [5.41, 5.74) is 3.23. The fourth-order valence-electron chi connectivity index (χ4n) is 2.71. The quantitative estimate of drug-likeness (QED) is 0.653. The van der Waals surface area contributed by atoms with Gasteiger partial charge in [0.2, 0.25) is 0 Å². The van der Waals surface area contributed by atoms with Gasteiger partial charge in [-0.1, -0.05) is 11.6 Å². The smallest absolute Gasteiger partial charge is 0.144 e. The SMILES string of the molecule is Clc1cc2c(cc1Br)N(c1ncnc3cnccc13)CC2. The van der Waals surface area contributed by atoms with E-state index < -0.39 is 0 Å². The summed E-state index contributed by atoms with van der Waals surface area (Å²) in [6, 6.07) is 6.03. The highest BCUT2D eigenvalue weighted by Gasteiger charge is 2.24. The number of hydrogen-bond donors (Lipinski definition) is 0. The molecule has 21 heavy (non-hydrogen) atoms. The zero-order valence-corrected chi connectivity index (χ0v) is 13.3. The van der Waals surface area contributed by atoms with Crippen LogP contribution in [0.25, 0.3) is 10.9 Å². The van der Waals surface area contributed by atoms with Gasteiger partial charge in [-0.2, -0.15) is 0 Å². The monoisotopic (exact) mass is 360 g/mol. The maximum atomic E-state index is 6.18. The molecule has 0 unspecified atom stereocenters. The predicted octanol–water partition coefficient (Wildman–Crippen LogP) is 4.13. The third-order valence-electron chi connectivity index (χ3n) is 3.69. The molecule has 1 aliphatic heterocycles. The summed E-state index contributed by atoms with van der Waals surface area (Å²) in [5, 5.41) is 1.75. The van der Waals surface area contributed by atoms with Crippen molar-refractivity contribution in [3.8, 4) is 0 Å². The molecule has 0 aliphatic carbocycles. The van der Waals surface area contributed by atoms with Crippen molar-refractivity contribution in [3.05, 3.63) is 52.0 Å². The van der Waals surface area contributed by atoms with Crippen molar-refractivity contribution in [2.24, 2.45) is 0 Å². The van der Waals surface area contributed by atoms with Gasteiger partial charge in [0.1, 0.15) is 12.1 Å². The van der Waals surface area contributed by atoms with Crippen molar-refractivity contribution in [2.75, 3.05) is 11.4 Å². The topological polar surface area (TPSA) is 41.9 Å². The van der Waals surface area contributed by atoms with Gasteiger partial charge in [-0.05, 0) is 46.1 Å². The second kappa shape index (κ2) is 4.93. The van der Waals surface area contributed by atoms with Gasteiger partial charge in [-0.25, -0.2) is 9.97 Å². The van der Waals surface area contributed by atoms with Crippen LogP contribution in [0.1, 0.15) is 5.56 Å². The summed E-state index contributed by atoms with van der Waals surface area (Å²) in [6.45, 7) is 0.885. The number of benzene rings is 1. The van der Waals surface area contributed by atoms with E-state index in [0.717, 1.165) is 44.9 Å². The Labute approximate surface area is 134 Å². The first-order chi connectivity index (χ1) is 10.2. The van der Waals surface area contributed by atoms with E-state index in [4.69, 9.17) is 11.6 Å². The minimum Gasteiger partial charge on any atom is -0.325 e. The molecule has 4 nitrogen and oxygen atoms in total. The molecule has 0 spiro atoms. The van der Waals surface area contributed by atoms with Gasteiger partial charge in [0, 0.05) is 28.3 Å². The van der Waals surface area contributed by atoms with Crippen molar-refractivity contribution in [2.45, 2.75) is 6.42 Å². The molecule has 0 radical (unpaired) electrons. The fourth-order valence-corrected chi connectivity index (χ4v) is 3.23. The molecule has 3 heterocycles. The largest absolute Gasteiger partial charge is 0.325 e. The zero-order valence-electron chi connectivity index (χ0n) is 10.9. The first kappa shape index (κ1) is 13.0. The molecule has 3 aromatic rings. The Morgan fingerprint density at radius 3 is 3.05 bits per heavy atom. The molecule has 104 valence electrons. The van der Waals surface area contributed by atoms with Crippen molar-refractivity contribution >= 4 is 49.9 Å². The summed E-state index contributed by atoms with van der Waals surface area (Å²) in [6.07, 6.45) is 6.07. The number of aromatic nitrogens is 3. The first-order valence-corrected chi connectivity index (χ1v) is 7.71. The minimum atomic E-state index is 0.743. The van der Waals surface area contributed by atoms with Crippen LogP contribution in [-0.2, 0) is 6.42 Å². The Morgan fingerprint density at radius 1 is 1.24 bits per heavy atom. The lowest BCUT2D eigenvalue weighted by Crippen LogP contribution is -2.15. The third-order valence-corrected chi connectivity index (χ3v) is 4.89. The van der Waals surface area contributed by atoms with Gasteiger partial charge in [0.15, 0.2) is 0 Å². The summed E-state index contributed by atoms with van der Waals surface area (Å²) >= 11 is 9.68. The molecule has 0 atom stereocenters. The minimum absolute atomic E-state index is 0.743. The van der Waals surface area contributed by atoms with E-state index in [2.05, 4.69) is 41.8 Å². The van der Waals surface area contributed by atoms with Crippen LogP contribution in [0.3, 0.4) is 0 Å². The molecular formula is C15H10BrClN4. The normalized spacial score (nSPS) is 13.7. The zero-order chi connectivity index (χ0) is 14.4. The van der Waals surface area contributed by atoms with E-state index in [9.17, 15) is 0 Å². The summed E-state index contributed by atoms with van der Waals surface area (Å²) in [4.78, 5) is 15.1. The van der Waals surface area contributed by atoms with E-state index in [1.807, 2.05) is 12.1 Å². The molecule has 0 amide bonds. The van der Waals surface area contributed by atoms with Gasteiger partial charge in [0.25, 0.3) is 0 Å². The molecule has 6 heteroatoms. The molecule has 0 saturated carbocycles. The molecule has 0 saturated heterocycles. The average molecular weight is 362 g/mol. The van der Waals surface area contributed by atoms with Crippen LogP contribution in [-0.4, -0.2) is 21.5 Å². The molecule has 0 N–H and O–H groups in total. The van der Waals surface area contributed by atoms with Crippen LogP contribution in [0.15, 0.2) is 41.4 Å². The van der Waals surface area contributed by atoms with E-state index in [1.165, 1.54) is 5.56 Å². The van der Waals surface area contributed by atoms with Gasteiger partial charge in [0.05, 0.1) is 16.7 Å². The maximum absolute atomic E-state index is 6.18. The van der Waals surface area contributed by atoms with Crippen LogP contribution >= 0.6 is 27.5 Å². The van der Waals surface area contributed by atoms with E-state index in [1.54, 1.807) is 18.7 Å². The lowest BCUT2D eigenvalue weighted by molar-refractivity contribution is 0.974. The van der Waals surface area contributed by atoms with E-state index >= 15 is 0 Å². The van der Waals surface area contributed by atoms with Gasteiger partial charge in [-0.3, -0.25) is 4.98 Å². The molecular weight excluding hydrogens is 352 g/mol. The Morgan fingerprint density at radius 2 is 2.14 bits per heavy atom. The summed E-state index contributed by atoms with van der Waals surface area (Å²) in [7, 11) is 0. The van der Waals surface area contributed by atoms with Crippen LogP contribution in [0.5, 0.6) is 0 Å². The number of fused-ring (bicyclic) bond motifs is 2. The van der Waals surface area contributed by atoms with E-state index in [0.29, 0.717) is 0 Å². The highest BCUT2D eigenvalue weighted by Crippen LogP contribution is 2.40. The number of nitrogens with zero attached hydrogens (tertiary/aromatic N) is 4. The second-order valence-corrected chi connectivity index (χ2v) is 6.15. The number of rotatable bonds is 1. The summed E-state index contributed by atoms with van der Waals surface area (Å²) in [5.74, 6) is 0.912. The lowest BCUT2D eigenvalue weighted by atomic mass is 10.2. The standard InChI is InChI=1S/C15H10BrClN4/c16-11-6-14-9(5-12(11)17)2-4-21(14)15-10-1-3-18-7-13(10)19-8-20-15/h1,3,5-8H,2,4H2. The second-order valence-electron chi connectivity index (χ2n) is 4.89. The van der Waals surface area contributed by atoms with Gasteiger partial charge < -0.3 is 4.90 Å². The molecule has 0 fully saturated rings. The highest BCUT2D eigenvalue weighted by atomic mass is 79.9. The molecule has 2 aromatic heterocycles. The first-order valence-electron chi connectivity index (χ1n) is 6.54. The number of anilines is 2. The maximum Gasteiger partial charge on any atom is 0.144 e. The number of halogens is 2. The van der Waals surface area contributed by atoms with Crippen LogP contribution in [0.2, 0.25) is 5.02 Å². The van der Waals surface area contributed by atoms with Crippen molar-refractivity contribution in [3.63, 3.8) is 0 Å². The fraction of sp³-hybridized carbons (Fsp3) is 0.133. The van der Waals surface area contributed by atoms with Crippen LogP contribution in [0, 0.1) is 0 Å². The molecule has 0 bridgehead atoms. The number of hydrogen-bond acceptors (Lipinski definition) is 4. The van der Waals surface area contributed by atoms with Crippen molar-refractivity contribution < 1.29 is 0 Å². The number of pyridine rings is 1. The predicted molar refractivity (Wildman–Crippen MR) is 87.2 cm³/mol. The van der Waals surface area contributed by atoms with Gasteiger partial charge in [-0.15, -0.1) is 0 Å². The molecule has 4 rings (SSSR count). The highest BCUT2D eigenvalue weighted by molar-refractivity contribution is 9.10. The third kappa shape index (κ3) is 2.08.